The van der Waals surface area contributed by atoms with E-state index in [1.165, 1.54) is 0 Å². The number of carbonyl (C=O) groups excluding carboxylic acids is 1. The Morgan fingerprint density at radius 1 is 1.23 bits per heavy atom. The quantitative estimate of drug-likeness (QED) is 0.637. The van der Waals surface area contributed by atoms with Gasteiger partial charge in [-0.15, -0.1) is 0 Å². The average Bonchev–Trinajstić information content (AvgIpc) is 3.18. The molecular weight excluding hydrogens is 388 g/mol. The van der Waals surface area contributed by atoms with Gasteiger partial charge in [-0.25, -0.2) is 4.98 Å². The van der Waals surface area contributed by atoms with Crippen molar-refractivity contribution in [1.82, 2.24) is 24.6 Å². The van der Waals surface area contributed by atoms with Crippen molar-refractivity contribution in [2.24, 2.45) is 7.05 Å². The fourth-order valence-electron chi connectivity index (χ4n) is 3.96. The molecule has 1 aliphatic rings. The molecule has 1 unspecified atom stereocenters. The van der Waals surface area contributed by atoms with Gasteiger partial charge in [0.25, 0.3) is 0 Å². The molecule has 0 bridgehead atoms. The second-order valence-electron chi connectivity index (χ2n) is 8.05. The zero-order valence-corrected chi connectivity index (χ0v) is 18.2. The van der Waals surface area contributed by atoms with Crippen LogP contribution in [0.5, 0.6) is 0 Å². The van der Waals surface area contributed by atoms with Crippen LogP contribution in [-0.2, 0) is 11.8 Å². The first-order valence-corrected chi connectivity index (χ1v) is 10.6. The van der Waals surface area contributed by atoms with Gasteiger partial charge in [0.15, 0.2) is 0 Å². The molecule has 160 valence electrons. The van der Waals surface area contributed by atoms with Crippen molar-refractivity contribution in [1.29, 1.82) is 0 Å². The fourth-order valence-corrected chi connectivity index (χ4v) is 3.96. The van der Waals surface area contributed by atoms with Gasteiger partial charge >= 0.3 is 0 Å². The minimum absolute atomic E-state index is 0.0287. The van der Waals surface area contributed by atoms with E-state index in [0.29, 0.717) is 6.54 Å². The van der Waals surface area contributed by atoms with Crippen molar-refractivity contribution >= 4 is 23.5 Å². The van der Waals surface area contributed by atoms with Gasteiger partial charge in [-0.3, -0.25) is 14.5 Å². The molecule has 1 aliphatic heterocycles. The maximum Gasteiger partial charge on any atom is 0.246 e. The van der Waals surface area contributed by atoms with E-state index >= 15 is 0 Å². The van der Waals surface area contributed by atoms with Crippen molar-refractivity contribution in [2.75, 3.05) is 18.4 Å². The monoisotopic (exact) mass is 416 g/mol. The Hall–Kier alpha value is -3.48. The van der Waals surface area contributed by atoms with Gasteiger partial charge in [0.2, 0.25) is 5.91 Å². The normalized spacial score (nSPS) is 16.6. The van der Waals surface area contributed by atoms with Crippen LogP contribution in [0.25, 0.3) is 6.08 Å². The minimum Gasteiger partial charge on any atom is -0.340 e. The topological polar surface area (TPSA) is 75.9 Å². The Morgan fingerprint density at radius 2 is 2.10 bits per heavy atom. The van der Waals surface area contributed by atoms with Gasteiger partial charge in [-0.2, -0.15) is 5.10 Å². The molecule has 0 radical (unpaired) electrons. The molecule has 1 atom stereocenters. The number of nitrogens with one attached hydrogen (secondary N) is 1. The third kappa shape index (κ3) is 4.99. The molecule has 4 heterocycles. The maximum absolute atomic E-state index is 12.8. The fraction of sp³-hybridized carbons (Fsp3) is 0.333. The van der Waals surface area contributed by atoms with E-state index in [2.05, 4.69) is 21.5 Å². The van der Waals surface area contributed by atoms with Crippen LogP contribution in [-0.4, -0.2) is 43.6 Å². The predicted molar refractivity (Wildman–Crippen MR) is 122 cm³/mol. The van der Waals surface area contributed by atoms with Crippen LogP contribution in [0.3, 0.4) is 0 Å². The Balaban J connectivity index is 1.48. The zero-order valence-electron chi connectivity index (χ0n) is 18.2. The second kappa shape index (κ2) is 9.12. The number of amides is 1. The summed E-state index contributed by atoms with van der Waals surface area (Å²) in [6.45, 7) is 5.48. The molecule has 0 aromatic carbocycles. The largest absolute Gasteiger partial charge is 0.340 e. The number of aryl methyl sites for hydroxylation is 3. The van der Waals surface area contributed by atoms with Crippen molar-refractivity contribution in [3.8, 4) is 0 Å². The molecule has 3 aromatic heterocycles. The van der Waals surface area contributed by atoms with Gasteiger partial charge in [0.05, 0.1) is 5.69 Å². The zero-order chi connectivity index (χ0) is 21.8. The Labute approximate surface area is 182 Å². The van der Waals surface area contributed by atoms with Crippen molar-refractivity contribution in [2.45, 2.75) is 32.6 Å². The molecule has 7 nitrogen and oxygen atoms in total. The van der Waals surface area contributed by atoms with Crippen LogP contribution in [0, 0.1) is 13.8 Å². The highest BCUT2D eigenvalue weighted by Gasteiger charge is 2.25. The van der Waals surface area contributed by atoms with Gasteiger partial charge in [-0.1, -0.05) is 6.07 Å². The van der Waals surface area contributed by atoms with Crippen molar-refractivity contribution in [3.05, 3.63) is 71.4 Å². The lowest BCUT2D eigenvalue weighted by molar-refractivity contribution is -0.127. The first-order valence-electron chi connectivity index (χ1n) is 10.6. The van der Waals surface area contributed by atoms with Crippen LogP contribution in [0.4, 0.5) is 11.5 Å². The first-order chi connectivity index (χ1) is 15.0. The molecule has 4 rings (SSSR count). The molecule has 0 saturated carbocycles. The van der Waals surface area contributed by atoms with E-state index in [1.54, 1.807) is 23.2 Å². The summed E-state index contributed by atoms with van der Waals surface area (Å²) in [6, 6.07) is 9.97. The maximum atomic E-state index is 12.8. The van der Waals surface area contributed by atoms with E-state index in [4.69, 9.17) is 4.98 Å². The van der Waals surface area contributed by atoms with Gasteiger partial charge in [-0.05, 0) is 62.6 Å². The minimum atomic E-state index is 0.0287. The number of nitrogens with zero attached hydrogens (tertiary/aromatic N) is 5. The number of piperidine rings is 1. The summed E-state index contributed by atoms with van der Waals surface area (Å²) in [5.41, 5.74) is 4.94. The Kier molecular flexibility index (Phi) is 6.11. The summed E-state index contributed by atoms with van der Waals surface area (Å²) in [5, 5.41) is 7.55. The van der Waals surface area contributed by atoms with Crippen molar-refractivity contribution < 1.29 is 4.79 Å². The third-order valence-electron chi connectivity index (χ3n) is 5.65. The summed E-state index contributed by atoms with van der Waals surface area (Å²) >= 11 is 0. The van der Waals surface area contributed by atoms with Crippen LogP contribution in [0.2, 0.25) is 0 Å². The summed E-state index contributed by atoms with van der Waals surface area (Å²) < 4.78 is 1.75. The lowest BCUT2D eigenvalue weighted by atomic mass is 9.93. The highest BCUT2D eigenvalue weighted by Crippen LogP contribution is 2.29. The van der Waals surface area contributed by atoms with Crippen LogP contribution < -0.4 is 5.32 Å². The number of carbonyl (C=O) groups is 1. The molecule has 31 heavy (non-hydrogen) atoms. The molecule has 1 N–H and O–H groups in total. The Morgan fingerprint density at radius 3 is 2.87 bits per heavy atom. The number of pyridine rings is 2. The lowest BCUT2D eigenvalue weighted by Gasteiger charge is -2.32. The second-order valence-corrected chi connectivity index (χ2v) is 8.05. The van der Waals surface area contributed by atoms with E-state index in [1.807, 2.05) is 56.1 Å². The van der Waals surface area contributed by atoms with E-state index in [-0.39, 0.29) is 11.8 Å². The average molecular weight is 417 g/mol. The summed E-state index contributed by atoms with van der Waals surface area (Å²) in [4.78, 5) is 23.9. The SMILES string of the molecule is Cc1cc(Nc2ncccc2C)cc(C2CCCN(C(=O)/C=C/c3ccnn3C)C2)n1. The highest BCUT2D eigenvalue weighted by molar-refractivity contribution is 5.91. The van der Waals surface area contributed by atoms with Gasteiger partial charge < -0.3 is 10.2 Å². The van der Waals surface area contributed by atoms with E-state index < -0.39 is 0 Å². The highest BCUT2D eigenvalue weighted by atomic mass is 16.2. The first kappa shape index (κ1) is 20.8. The lowest BCUT2D eigenvalue weighted by Crippen LogP contribution is -2.38. The molecule has 0 spiro atoms. The Bertz CT molecular complexity index is 1100. The van der Waals surface area contributed by atoms with Gasteiger partial charge in [0, 0.05) is 61.6 Å². The molecule has 1 saturated heterocycles. The number of hydrogen-bond donors (Lipinski definition) is 1. The van der Waals surface area contributed by atoms with Crippen LogP contribution in [0.1, 0.15) is 41.4 Å². The summed E-state index contributed by atoms with van der Waals surface area (Å²) in [6.07, 6.45) is 8.96. The van der Waals surface area contributed by atoms with Crippen LogP contribution in [0.15, 0.2) is 48.8 Å². The number of likely N-dealkylation sites (tertiary alicyclic amines) is 1. The molecule has 1 amide bonds. The van der Waals surface area contributed by atoms with E-state index in [9.17, 15) is 4.79 Å². The number of aromatic nitrogens is 4. The third-order valence-corrected chi connectivity index (χ3v) is 5.65. The molecule has 3 aromatic rings. The molecular formula is C24H28N6O. The summed E-state index contributed by atoms with van der Waals surface area (Å²) in [7, 11) is 1.86. The number of anilines is 2. The molecule has 7 heteroatoms. The van der Waals surface area contributed by atoms with E-state index in [0.717, 1.165) is 53.5 Å². The molecule has 0 aliphatic carbocycles. The number of rotatable bonds is 5. The summed E-state index contributed by atoms with van der Waals surface area (Å²) in [5.74, 6) is 1.09. The predicted octanol–water partition coefficient (Wildman–Crippen LogP) is 3.99. The smallest absolute Gasteiger partial charge is 0.246 e. The van der Waals surface area contributed by atoms with Crippen molar-refractivity contribution in [3.63, 3.8) is 0 Å². The van der Waals surface area contributed by atoms with Crippen LogP contribution >= 0.6 is 0 Å². The number of hydrogen-bond acceptors (Lipinski definition) is 5. The molecule has 1 fully saturated rings. The standard InChI is InChI=1S/C24H28N6O/c1-17-6-4-11-25-24(17)28-20-14-18(2)27-22(15-20)19-7-5-13-30(16-19)23(31)9-8-21-10-12-26-29(21)3/h4,6,8-12,14-15,19H,5,7,13,16H2,1-3H3,(H,25,27,28)/b9-8+. The van der Waals surface area contributed by atoms with Gasteiger partial charge in [0.1, 0.15) is 5.82 Å².